The van der Waals surface area contributed by atoms with E-state index in [1.54, 1.807) is 20.5 Å². The molecule has 0 radical (unpaired) electrons. The van der Waals surface area contributed by atoms with E-state index in [0.717, 1.165) is 34.7 Å². The van der Waals surface area contributed by atoms with Gasteiger partial charge in [0.25, 0.3) is 0 Å². The van der Waals surface area contributed by atoms with Crippen LogP contribution in [0.1, 0.15) is 5.69 Å². The summed E-state index contributed by atoms with van der Waals surface area (Å²) in [6, 6.07) is 5.97. The molecule has 0 amide bonds. The monoisotopic (exact) mass is 339 g/mol. The van der Waals surface area contributed by atoms with Crippen molar-refractivity contribution in [3.05, 3.63) is 40.9 Å². The summed E-state index contributed by atoms with van der Waals surface area (Å²) < 4.78 is 13.3. The Morgan fingerprint density at radius 1 is 1.35 bits per heavy atom. The van der Waals surface area contributed by atoms with Crippen LogP contribution in [0.15, 0.2) is 35.2 Å². The second kappa shape index (κ2) is 7.42. The lowest BCUT2D eigenvalue weighted by molar-refractivity contribution is 0.199. The van der Waals surface area contributed by atoms with Crippen LogP contribution in [0.5, 0.6) is 5.75 Å². The standard InChI is InChI=1S/C14H18BrN3O2/c1-19-6-5-16-8-12-9-17-10-18(12)11-3-4-13(15)14(7-11)20-2/h3-4,7,9-10,16H,5-6,8H2,1-2H3. The van der Waals surface area contributed by atoms with Gasteiger partial charge in [0.1, 0.15) is 5.75 Å². The van der Waals surface area contributed by atoms with E-state index in [4.69, 9.17) is 9.47 Å². The summed E-state index contributed by atoms with van der Waals surface area (Å²) in [6.07, 6.45) is 3.66. The first-order chi connectivity index (χ1) is 9.76. The Hall–Kier alpha value is -1.37. The zero-order chi connectivity index (χ0) is 14.4. The first-order valence-corrected chi connectivity index (χ1v) is 7.10. The third-order valence-corrected chi connectivity index (χ3v) is 3.57. The molecule has 1 aromatic carbocycles. The molecule has 0 atom stereocenters. The fraction of sp³-hybridized carbons (Fsp3) is 0.357. The highest BCUT2D eigenvalue weighted by Gasteiger charge is 2.07. The number of imidazole rings is 1. The predicted octanol–water partition coefficient (Wildman–Crippen LogP) is 2.38. The number of rotatable bonds is 7. The van der Waals surface area contributed by atoms with Crippen LogP contribution >= 0.6 is 15.9 Å². The van der Waals surface area contributed by atoms with Crippen molar-refractivity contribution >= 4 is 15.9 Å². The highest BCUT2D eigenvalue weighted by Crippen LogP contribution is 2.27. The molecule has 0 unspecified atom stereocenters. The number of halogens is 1. The number of benzene rings is 1. The fourth-order valence-electron chi connectivity index (χ4n) is 1.87. The van der Waals surface area contributed by atoms with Crippen molar-refractivity contribution in [2.75, 3.05) is 27.4 Å². The van der Waals surface area contributed by atoms with Crippen LogP contribution in [0.3, 0.4) is 0 Å². The summed E-state index contributed by atoms with van der Waals surface area (Å²) in [6.45, 7) is 2.24. The maximum atomic E-state index is 5.32. The molecular formula is C14H18BrN3O2. The predicted molar refractivity (Wildman–Crippen MR) is 81.4 cm³/mol. The zero-order valence-electron chi connectivity index (χ0n) is 11.6. The van der Waals surface area contributed by atoms with Crippen LogP contribution in [0.4, 0.5) is 0 Å². The number of methoxy groups -OCH3 is 2. The molecular weight excluding hydrogens is 322 g/mol. The first kappa shape index (κ1) is 15.0. The van der Waals surface area contributed by atoms with Crippen molar-refractivity contribution in [3.63, 3.8) is 0 Å². The Bertz CT molecular complexity index is 557. The molecule has 0 saturated carbocycles. The van der Waals surface area contributed by atoms with Gasteiger partial charge < -0.3 is 19.4 Å². The number of ether oxygens (including phenoxy) is 2. The van der Waals surface area contributed by atoms with Gasteiger partial charge >= 0.3 is 0 Å². The molecule has 1 N–H and O–H groups in total. The Balaban J connectivity index is 2.14. The molecule has 0 bridgehead atoms. The molecule has 2 rings (SSSR count). The SMILES string of the molecule is COCCNCc1cncn1-c1ccc(Br)c(OC)c1. The van der Waals surface area contributed by atoms with E-state index in [2.05, 4.69) is 26.2 Å². The average Bonchev–Trinajstić information content (AvgIpc) is 2.92. The normalized spacial score (nSPS) is 10.8. The molecule has 2 aromatic rings. The number of nitrogens with zero attached hydrogens (tertiary/aromatic N) is 2. The third-order valence-electron chi connectivity index (χ3n) is 2.92. The van der Waals surface area contributed by atoms with Crippen molar-refractivity contribution in [1.29, 1.82) is 0 Å². The van der Waals surface area contributed by atoms with Crippen LogP contribution in [0.2, 0.25) is 0 Å². The molecule has 1 heterocycles. The minimum absolute atomic E-state index is 0.695. The summed E-state index contributed by atoms with van der Waals surface area (Å²) in [5, 5.41) is 3.31. The maximum Gasteiger partial charge on any atom is 0.135 e. The molecule has 0 aliphatic heterocycles. The number of hydrogen-bond acceptors (Lipinski definition) is 4. The lowest BCUT2D eigenvalue weighted by Crippen LogP contribution is -2.20. The van der Waals surface area contributed by atoms with Gasteiger partial charge in [-0.1, -0.05) is 0 Å². The van der Waals surface area contributed by atoms with E-state index < -0.39 is 0 Å². The molecule has 0 spiro atoms. The van der Waals surface area contributed by atoms with Gasteiger partial charge in [0.05, 0.1) is 35.9 Å². The lowest BCUT2D eigenvalue weighted by atomic mass is 10.3. The van der Waals surface area contributed by atoms with Gasteiger partial charge in [-0.25, -0.2) is 4.98 Å². The largest absolute Gasteiger partial charge is 0.495 e. The van der Waals surface area contributed by atoms with Gasteiger partial charge in [0.15, 0.2) is 0 Å². The summed E-state index contributed by atoms with van der Waals surface area (Å²) >= 11 is 3.46. The van der Waals surface area contributed by atoms with Crippen molar-refractivity contribution < 1.29 is 9.47 Å². The van der Waals surface area contributed by atoms with Gasteiger partial charge in [-0.2, -0.15) is 0 Å². The fourth-order valence-corrected chi connectivity index (χ4v) is 2.28. The highest BCUT2D eigenvalue weighted by molar-refractivity contribution is 9.10. The summed E-state index contributed by atoms with van der Waals surface area (Å²) in [7, 11) is 3.35. The van der Waals surface area contributed by atoms with Crippen LogP contribution in [-0.4, -0.2) is 36.9 Å². The number of nitrogens with one attached hydrogen (secondary N) is 1. The molecule has 108 valence electrons. The summed E-state index contributed by atoms with van der Waals surface area (Å²) in [4.78, 5) is 4.21. The maximum absolute atomic E-state index is 5.32. The highest BCUT2D eigenvalue weighted by atomic mass is 79.9. The minimum Gasteiger partial charge on any atom is -0.495 e. The van der Waals surface area contributed by atoms with E-state index in [1.165, 1.54) is 0 Å². The van der Waals surface area contributed by atoms with Crippen molar-refractivity contribution in [1.82, 2.24) is 14.9 Å². The smallest absolute Gasteiger partial charge is 0.135 e. The second-order valence-electron chi connectivity index (χ2n) is 4.24. The number of aromatic nitrogens is 2. The molecule has 0 aliphatic rings. The molecule has 0 aliphatic carbocycles. The van der Waals surface area contributed by atoms with E-state index in [-0.39, 0.29) is 0 Å². The molecule has 6 heteroatoms. The van der Waals surface area contributed by atoms with Gasteiger partial charge in [0, 0.05) is 32.5 Å². The van der Waals surface area contributed by atoms with E-state index in [9.17, 15) is 0 Å². The Labute approximate surface area is 127 Å². The summed E-state index contributed by atoms with van der Waals surface area (Å²) in [5.74, 6) is 0.800. The molecule has 0 fully saturated rings. The van der Waals surface area contributed by atoms with Crippen LogP contribution in [0, 0.1) is 0 Å². The van der Waals surface area contributed by atoms with Gasteiger partial charge in [-0.05, 0) is 28.1 Å². The lowest BCUT2D eigenvalue weighted by Gasteiger charge is -2.11. The van der Waals surface area contributed by atoms with Crippen molar-refractivity contribution in [3.8, 4) is 11.4 Å². The van der Waals surface area contributed by atoms with Crippen molar-refractivity contribution in [2.24, 2.45) is 0 Å². The van der Waals surface area contributed by atoms with Crippen LogP contribution in [0.25, 0.3) is 5.69 Å². The topological polar surface area (TPSA) is 48.3 Å². The summed E-state index contributed by atoms with van der Waals surface area (Å²) in [5.41, 5.74) is 2.11. The van der Waals surface area contributed by atoms with Gasteiger partial charge in [0.2, 0.25) is 0 Å². The van der Waals surface area contributed by atoms with Crippen LogP contribution in [-0.2, 0) is 11.3 Å². The molecule has 20 heavy (non-hydrogen) atoms. The third kappa shape index (κ3) is 3.59. The molecule has 0 saturated heterocycles. The van der Waals surface area contributed by atoms with E-state index in [0.29, 0.717) is 6.61 Å². The van der Waals surface area contributed by atoms with E-state index >= 15 is 0 Å². The average molecular weight is 340 g/mol. The minimum atomic E-state index is 0.695. The molecule has 5 nitrogen and oxygen atoms in total. The molecule has 1 aromatic heterocycles. The zero-order valence-corrected chi connectivity index (χ0v) is 13.2. The van der Waals surface area contributed by atoms with Gasteiger partial charge in [-0.3, -0.25) is 0 Å². The Morgan fingerprint density at radius 3 is 2.95 bits per heavy atom. The van der Waals surface area contributed by atoms with Gasteiger partial charge in [-0.15, -0.1) is 0 Å². The van der Waals surface area contributed by atoms with Crippen LogP contribution < -0.4 is 10.1 Å². The Kier molecular flexibility index (Phi) is 5.58. The number of hydrogen-bond donors (Lipinski definition) is 1. The Morgan fingerprint density at radius 2 is 2.20 bits per heavy atom. The van der Waals surface area contributed by atoms with E-state index in [1.807, 2.05) is 29.0 Å². The quantitative estimate of drug-likeness (QED) is 0.787. The second-order valence-corrected chi connectivity index (χ2v) is 5.10. The first-order valence-electron chi connectivity index (χ1n) is 6.31. The van der Waals surface area contributed by atoms with Crippen molar-refractivity contribution in [2.45, 2.75) is 6.54 Å².